The van der Waals surface area contributed by atoms with Gasteiger partial charge in [0.05, 0.1) is 6.61 Å². The molecule has 5 saturated carbocycles. The molecule has 6 heteroatoms. The molecule has 1 aliphatic heterocycles. The van der Waals surface area contributed by atoms with Crippen LogP contribution in [-0.2, 0) is 23.7 Å². The Hall–Kier alpha value is -1.56. The van der Waals surface area contributed by atoms with Gasteiger partial charge in [0.2, 0.25) is 6.29 Å². The average molecular weight is 429 g/mol. The zero-order valence-electron chi connectivity index (χ0n) is 18.1. The number of esters is 1. The molecule has 0 radical (unpaired) electrons. The molecule has 6 fully saturated rings. The van der Waals surface area contributed by atoms with Gasteiger partial charge in [0.25, 0.3) is 0 Å². The van der Waals surface area contributed by atoms with Gasteiger partial charge in [-0.3, -0.25) is 4.79 Å². The zero-order chi connectivity index (χ0) is 20.9. The molecule has 31 heavy (non-hydrogen) atoms. The fourth-order valence-electron chi connectivity index (χ4n) is 9.71. The predicted octanol–water partition coefficient (Wildman–Crippen LogP) is 3.94. The van der Waals surface area contributed by atoms with E-state index in [4.69, 9.17) is 18.9 Å². The van der Waals surface area contributed by atoms with E-state index in [1.807, 2.05) is 0 Å². The van der Waals surface area contributed by atoms with Crippen LogP contribution in [0.15, 0.2) is 12.2 Å². The largest absolute Gasteiger partial charge is 0.511 e. The van der Waals surface area contributed by atoms with E-state index in [0.717, 1.165) is 54.8 Å². The van der Waals surface area contributed by atoms with Crippen LogP contribution in [0, 0.1) is 59.2 Å². The summed E-state index contributed by atoms with van der Waals surface area (Å²) in [6.45, 7) is 2.08. The first kappa shape index (κ1) is 19.0. The number of fused-ring (bicyclic) bond motifs is 16. The minimum Gasteiger partial charge on any atom is -0.458 e. The SMILES string of the molecule is CC(=O)OC1C2CC(C1OC(=O)OC1CCCCO1)C1C3CC(C4C5C=CC(C5)C34)C21. The second kappa shape index (κ2) is 6.72. The van der Waals surface area contributed by atoms with E-state index in [9.17, 15) is 9.59 Å². The molecule has 168 valence electrons. The monoisotopic (exact) mass is 428 g/mol. The lowest BCUT2D eigenvalue weighted by molar-refractivity contribution is -0.176. The number of carbonyl (C=O) groups excluding carboxylic acids is 2. The first-order valence-corrected chi connectivity index (χ1v) is 12.4. The van der Waals surface area contributed by atoms with Crippen molar-refractivity contribution in [3.63, 3.8) is 0 Å². The van der Waals surface area contributed by atoms with Crippen LogP contribution in [0.5, 0.6) is 0 Å². The third kappa shape index (κ3) is 2.60. The van der Waals surface area contributed by atoms with Gasteiger partial charge in [0.1, 0.15) is 12.2 Å². The topological polar surface area (TPSA) is 71.1 Å². The predicted molar refractivity (Wildman–Crippen MR) is 108 cm³/mol. The number of rotatable bonds is 3. The van der Waals surface area contributed by atoms with Crippen molar-refractivity contribution < 1.29 is 28.5 Å². The van der Waals surface area contributed by atoms with Gasteiger partial charge in [0.15, 0.2) is 0 Å². The highest BCUT2D eigenvalue weighted by Crippen LogP contribution is 2.76. The van der Waals surface area contributed by atoms with Gasteiger partial charge in [-0.1, -0.05) is 12.2 Å². The van der Waals surface area contributed by atoms with E-state index in [1.54, 1.807) is 0 Å². The van der Waals surface area contributed by atoms with Gasteiger partial charge >= 0.3 is 12.1 Å². The van der Waals surface area contributed by atoms with Crippen molar-refractivity contribution in [1.82, 2.24) is 0 Å². The van der Waals surface area contributed by atoms with Crippen molar-refractivity contribution in [1.29, 1.82) is 0 Å². The van der Waals surface area contributed by atoms with Gasteiger partial charge < -0.3 is 18.9 Å². The smallest absolute Gasteiger partial charge is 0.458 e. The van der Waals surface area contributed by atoms with Crippen LogP contribution < -0.4 is 0 Å². The van der Waals surface area contributed by atoms with Crippen molar-refractivity contribution in [2.45, 2.75) is 63.9 Å². The molecule has 0 spiro atoms. The number of allylic oxidation sites excluding steroid dienone is 2. The fraction of sp³-hybridized carbons (Fsp3) is 0.840. The van der Waals surface area contributed by atoms with E-state index in [0.29, 0.717) is 36.7 Å². The van der Waals surface area contributed by atoms with Crippen LogP contribution in [0.2, 0.25) is 0 Å². The normalized spacial score (nSPS) is 54.7. The highest BCUT2D eigenvalue weighted by atomic mass is 16.8. The molecule has 6 bridgehead atoms. The Morgan fingerprint density at radius 1 is 0.774 bits per heavy atom. The first-order valence-electron chi connectivity index (χ1n) is 12.4. The Labute approximate surface area is 183 Å². The Kier molecular flexibility index (Phi) is 4.11. The summed E-state index contributed by atoms with van der Waals surface area (Å²) in [5, 5.41) is 0. The summed E-state index contributed by atoms with van der Waals surface area (Å²) in [7, 11) is 0. The number of hydrogen-bond acceptors (Lipinski definition) is 6. The molecule has 0 amide bonds. The lowest BCUT2D eigenvalue weighted by Gasteiger charge is -2.47. The zero-order valence-corrected chi connectivity index (χ0v) is 18.1. The van der Waals surface area contributed by atoms with Crippen LogP contribution in [0.1, 0.15) is 45.4 Å². The fourth-order valence-corrected chi connectivity index (χ4v) is 9.71. The van der Waals surface area contributed by atoms with Crippen molar-refractivity contribution >= 4 is 12.1 Å². The summed E-state index contributed by atoms with van der Waals surface area (Å²) in [6, 6.07) is 0. The van der Waals surface area contributed by atoms with Gasteiger partial charge in [-0.25, -0.2) is 4.79 Å². The second-order valence-electron chi connectivity index (χ2n) is 11.2. The lowest BCUT2D eigenvalue weighted by Crippen LogP contribution is -2.51. The van der Waals surface area contributed by atoms with Crippen molar-refractivity contribution in [2.24, 2.45) is 59.2 Å². The Bertz CT molecular complexity index is 817. The Morgan fingerprint density at radius 2 is 1.42 bits per heavy atom. The maximum absolute atomic E-state index is 12.6. The maximum Gasteiger partial charge on any atom is 0.511 e. The molecule has 7 rings (SSSR count). The summed E-state index contributed by atoms with van der Waals surface area (Å²) < 4.78 is 22.7. The van der Waals surface area contributed by atoms with Gasteiger partial charge in [0, 0.05) is 25.2 Å². The summed E-state index contributed by atoms with van der Waals surface area (Å²) >= 11 is 0. The molecule has 7 aliphatic rings. The Balaban J connectivity index is 1.13. The van der Waals surface area contributed by atoms with Crippen LogP contribution in [0.3, 0.4) is 0 Å². The molecular weight excluding hydrogens is 396 g/mol. The van der Waals surface area contributed by atoms with Crippen LogP contribution in [0.4, 0.5) is 4.79 Å². The van der Waals surface area contributed by atoms with Gasteiger partial charge in [-0.15, -0.1) is 0 Å². The molecular formula is C25H32O6. The maximum atomic E-state index is 12.6. The molecule has 6 aliphatic carbocycles. The van der Waals surface area contributed by atoms with E-state index in [1.165, 1.54) is 19.8 Å². The summed E-state index contributed by atoms with van der Waals surface area (Å²) in [6.07, 6.45) is 9.48. The van der Waals surface area contributed by atoms with Crippen molar-refractivity contribution in [3.8, 4) is 0 Å². The highest BCUT2D eigenvalue weighted by Gasteiger charge is 2.74. The highest BCUT2D eigenvalue weighted by molar-refractivity contribution is 5.66. The molecule has 13 unspecified atom stereocenters. The van der Waals surface area contributed by atoms with Gasteiger partial charge in [-0.2, -0.15) is 0 Å². The quantitative estimate of drug-likeness (QED) is 0.385. The average Bonchev–Trinajstić information content (AvgIpc) is 3.55. The lowest BCUT2D eigenvalue weighted by atomic mass is 9.60. The summed E-state index contributed by atoms with van der Waals surface area (Å²) in [5.41, 5.74) is 0. The third-order valence-electron chi connectivity index (χ3n) is 10.2. The molecule has 13 atom stereocenters. The second-order valence-corrected chi connectivity index (χ2v) is 11.2. The molecule has 1 heterocycles. The van der Waals surface area contributed by atoms with Crippen LogP contribution in [-0.4, -0.2) is 37.2 Å². The standard InChI is InChI=1S/C25H32O6/c1-11(26)29-23-16-10-17(24(23)31-25(27)30-18-4-2-3-7-28-18)22-15-9-14(21(16)22)19-12-5-6-13(8-12)20(15)19/h5-6,12-24H,2-4,7-10H2,1H3. The van der Waals surface area contributed by atoms with Crippen LogP contribution >= 0.6 is 0 Å². The van der Waals surface area contributed by atoms with Crippen molar-refractivity contribution in [3.05, 3.63) is 12.2 Å². The van der Waals surface area contributed by atoms with E-state index in [-0.39, 0.29) is 18.2 Å². The summed E-state index contributed by atoms with van der Waals surface area (Å²) in [5.74, 6) is 6.29. The van der Waals surface area contributed by atoms with Crippen molar-refractivity contribution in [2.75, 3.05) is 6.61 Å². The van der Waals surface area contributed by atoms with Crippen LogP contribution in [0.25, 0.3) is 0 Å². The van der Waals surface area contributed by atoms with E-state index < -0.39 is 12.4 Å². The number of ether oxygens (including phenoxy) is 4. The summed E-state index contributed by atoms with van der Waals surface area (Å²) in [4.78, 5) is 24.6. The minimum atomic E-state index is -0.665. The molecule has 0 aromatic rings. The first-order chi connectivity index (χ1) is 15.1. The molecule has 0 aromatic carbocycles. The van der Waals surface area contributed by atoms with E-state index in [2.05, 4.69) is 12.2 Å². The molecule has 1 saturated heterocycles. The van der Waals surface area contributed by atoms with E-state index >= 15 is 0 Å². The van der Waals surface area contributed by atoms with Gasteiger partial charge in [-0.05, 0) is 79.4 Å². The third-order valence-corrected chi connectivity index (χ3v) is 10.2. The molecule has 0 aromatic heterocycles. The number of hydrogen-bond donors (Lipinski definition) is 0. The Morgan fingerprint density at radius 3 is 2.03 bits per heavy atom. The molecule has 6 nitrogen and oxygen atoms in total. The number of carbonyl (C=O) groups is 2. The molecule has 0 N–H and O–H groups in total. The minimum absolute atomic E-state index is 0.282.